The van der Waals surface area contributed by atoms with Crippen molar-refractivity contribution in [3.63, 3.8) is 0 Å². The Bertz CT molecular complexity index is 857. The summed E-state index contributed by atoms with van der Waals surface area (Å²) in [6.45, 7) is 5.28. The number of nitrogens with zero attached hydrogens (tertiary/aromatic N) is 1. The molecule has 0 saturated carbocycles. The first-order chi connectivity index (χ1) is 12.9. The number of ether oxygens (including phenoxy) is 2. The molecule has 140 valence electrons. The maximum atomic E-state index is 12.4. The fourth-order valence-electron chi connectivity index (χ4n) is 2.27. The van der Waals surface area contributed by atoms with Gasteiger partial charge in [0.1, 0.15) is 0 Å². The van der Waals surface area contributed by atoms with Crippen molar-refractivity contribution in [1.29, 1.82) is 5.26 Å². The van der Waals surface area contributed by atoms with Crippen LogP contribution in [0.15, 0.2) is 42.5 Å². The maximum absolute atomic E-state index is 12.4. The van der Waals surface area contributed by atoms with Crippen LogP contribution in [-0.4, -0.2) is 24.5 Å². The van der Waals surface area contributed by atoms with E-state index in [0.29, 0.717) is 35.0 Å². The van der Waals surface area contributed by atoms with Crippen molar-refractivity contribution >= 4 is 23.2 Å². The van der Waals surface area contributed by atoms with Gasteiger partial charge in [0, 0.05) is 24.4 Å². The molecular weight excluding hydrogens is 346 g/mol. The Balaban J connectivity index is 2.03. The molecule has 0 aliphatic heterocycles. The number of benzene rings is 2. The molecule has 0 bridgehead atoms. The van der Waals surface area contributed by atoms with Crippen molar-refractivity contribution < 1.29 is 19.1 Å². The summed E-state index contributed by atoms with van der Waals surface area (Å²) in [4.78, 5) is 23.4. The summed E-state index contributed by atoms with van der Waals surface area (Å²) < 4.78 is 11.2. The Morgan fingerprint density at radius 3 is 2.26 bits per heavy atom. The van der Waals surface area contributed by atoms with Crippen LogP contribution in [0.5, 0.6) is 11.5 Å². The van der Waals surface area contributed by atoms with Crippen LogP contribution in [0.2, 0.25) is 0 Å². The van der Waals surface area contributed by atoms with Crippen LogP contribution in [0.25, 0.3) is 0 Å². The van der Waals surface area contributed by atoms with Crippen LogP contribution in [0.3, 0.4) is 0 Å². The van der Waals surface area contributed by atoms with E-state index in [1.54, 1.807) is 49.4 Å². The normalized spacial score (nSPS) is 11.0. The average molecular weight is 367 g/mol. The molecule has 2 amide bonds. The first-order valence-electron chi connectivity index (χ1n) is 8.45. The van der Waals surface area contributed by atoms with Crippen LogP contribution in [0.4, 0.5) is 11.4 Å². The molecule has 1 atom stereocenters. The molecule has 0 saturated heterocycles. The highest BCUT2D eigenvalue weighted by Crippen LogP contribution is 2.29. The number of rotatable bonds is 7. The van der Waals surface area contributed by atoms with Crippen molar-refractivity contribution in [2.45, 2.75) is 26.9 Å². The van der Waals surface area contributed by atoms with Crippen LogP contribution < -0.4 is 20.1 Å². The molecule has 7 nitrogen and oxygen atoms in total. The highest BCUT2D eigenvalue weighted by atomic mass is 16.5. The smallest absolute Gasteiger partial charge is 0.265 e. The number of nitrogens with one attached hydrogen (secondary N) is 2. The van der Waals surface area contributed by atoms with E-state index < -0.39 is 6.10 Å². The Morgan fingerprint density at radius 1 is 1.07 bits per heavy atom. The third kappa shape index (κ3) is 5.75. The van der Waals surface area contributed by atoms with Gasteiger partial charge >= 0.3 is 0 Å². The summed E-state index contributed by atoms with van der Waals surface area (Å²) in [6.07, 6.45) is -0.785. The minimum Gasteiger partial charge on any atom is -0.490 e. The molecule has 0 aromatic heterocycles. The minimum absolute atomic E-state index is 0.165. The summed E-state index contributed by atoms with van der Waals surface area (Å²) in [5.74, 6) is 0.297. The summed E-state index contributed by atoms with van der Waals surface area (Å²) >= 11 is 0. The van der Waals surface area contributed by atoms with Crippen molar-refractivity contribution in [2.75, 3.05) is 17.2 Å². The van der Waals surface area contributed by atoms with E-state index in [0.717, 1.165) is 0 Å². The van der Waals surface area contributed by atoms with E-state index in [2.05, 4.69) is 10.6 Å². The van der Waals surface area contributed by atoms with Gasteiger partial charge in [-0.25, -0.2) is 0 Å². The first-order valence-corrected chi connectivity index (χ1v) is 8.45. The van der Waals surface area contributed by atoms with Crippen molar-refractivity contribution in [1.82, 2.24) is 0 Å². The third-order valence-corrected chi connectivity index (χ3v) is 3.52. The molecule has 0 aliphatic carbocycles. The fourth-order valence-corrected chi connectivity index (χ4v) is 2.27. The maximum Gasteiger partial charge on any atom is 0.265 e. The topological polar surface area (TPSA) is 100 Å². The van der Waals surface area contributed by atoms with Gasteiger partial charge < -0.3 is 20.1 Å². The summed E-state index contributed by atoms with van der Waals surface area (Å²) in [5.41, 5.74) is 1.67. The molecular formula is C20H21N3O4. The van der Waals surface area contributed by atoms with Crippen LogP contribution in [0, 0.1) is 11.3 Å². The van der Waals surface area contributed by atoms with E-state index in [9.17, 15) is 9.59 Å². The average Bonchev–Trinajstić information content (AvgIpc) is 2.64. The van der Waals surface area contributed by atoms with Crippen LogP contribution >= 0.6 is 0 Å². The molecule has 0 spiro atoms. The fraction of sp³-hybridized carbons (Fsp3) is 0.250. The lowest BCUT2D eigenvalue weighted by molar-refractivity contribution is -0.122. The van der Waals surface area contributed by atoms with E-state index in [4.69, 9.17) is 14.7 Å². The molecule has 0 radical (unpaired) electrons. The van der Waals surface area contributed by atoms with E-state index in [1.165, 1.54) is 6.92 Å². The van der Waals surface area contributed by atoms with Gasteiger partial charge in [0.15, 0.2) is 17.6 Å². The van der Waals surface area contributed by atoms with Gasteiger partial charge in [-0.3, -0.25) is 9.59 Å². The SMILES string of the molecule is CCOc1cc(C#N)ccc1O[C@H](C)C(=O)Nc1ccc(NC(C)=O)cc1. The van der Waals surface area contributed by atoms with Crippen LogP contribution in [0.1, 0.15) is 26.3 Å². The van der Waals surface area contributed by atoms with Crippen LogP contribution in [-0.2, 0) is 9.59 Å². The monoisotopic (exact) mass is 367 g/mol. The zero-order chi connectivity index (χ0) is 19.8. The van der Waals surface area contributed by atoms with E-state index in [1.807, 2.05) is 13.0 Å². The number of carbonyl (C=O) groups is 2. The second-order valence-electron chi connectivity index (χ2n) is 5.71. The quantitative estimate of drug-likeness (QED) is 0.782. The molecule has 0 unspecified atom stereocenters. The Morgan fingerprint density at radius 2 is 1.70 bits per heavy atom. The number of anilines is 2. The lowest BCUT2D eigenvalue weighted by atomic mass is 10.2. The van der Waals surface area contributed by atoms with Crippen molar-refractivity contribution in [3.8, 4) is 17.6 Å². The lowest BCUT2D eigenvalue weighted by Crippen LogP contribution is -2.30. The molecule has 0 heterocycles. The minimum atomic E-state index is -0.785. The molecule has 2 N–H and O–H groups in total. The second kappa shape index (κ2) is 9.25. The van der Waals surface area contributed by atoms with E-state index in [-0.39, 0.29) is 11.8 Å². The molecule has 0 fully saturated rings. The second-order valence-corrected chi connectivity index (χ2v) is 5.71. The third-order valence-electron chi connectivity index (χ3n) is 3.52. The Hall–Kier alpha value is -3.53. The zero-order valence-electron chi connectivity index (χ0n) is 15.4. The summed E-state index contributed by atoms with van der Waals surface area (Å²) in [6, 6.07) is 13.6. The van der Waals surface area contributed by atoms with Gasteiger partial charge in [0.2, 0.25) is 5.91 Å². The van der Waals surface area contributed by atoms with Gasteiger partial charge in [-0.1, -0.05) is 0 Å². The number of nitriles is 1. The highest BCUT2D eigenvalue weighted by molar-refractivity contribution is 5.94. The highest BCUT2D eigenvalue weighted by Gasteiger charge is 2.17. The van der Waals surface area contributed by atoms with Gasteiger partial charge in [-0.2, -0.15) is 5.26 Å². The molecule has 2 rings (SSSR count). The molecule has 27 heavy (non-hydrogen) atoms. The lowest BCUT2D eigenvalue weighted by Gasteiger charge is -2.17. The van der Waals surface area contributed by atoms with Gasteiger partial charge in [-0.15, -0.1) is 0 Å². The predicted molar refractivity (Wildman–Crippen MR) is 102 cm³/mol. The number of hydrogen-bond acceptors (Lipinski definition) is 5. The summed E-state index contributed by atoms with van der Waals surface area (Å²) in [5, 5.41) is 14.4. The van der Waals surface area contributed by atoms with Crippen molar-refractivity contribution in [2.24, 2.45) is 0 Å². The Kier molecular flexibility index (Phi) is 6.78. The number of amides is 2. The molecule has 7 heteroatoms. The Labute approximate surface area is 157 Å². The first kappa shape index (κ1) is 19.8. The molecule has 2 aromatic rings. The predicted octanol–water partition coefficient (Wildman–Crippen LogP) is 3.32. The largest absolute Gasteiger partial charge is 0.490 e. The standard InChI is InChI=1S/C20H21N3O4/c1-4-26-19-11-15(12-21)5-10-18(19)27-13(2)20(25)23-17-8-6-16(7-9-17)22-14(3)24/h5-11,13H,4H2,1-3H3,(H,22,24)(H,23,25)/t13-/m1/s1. The van der Waals surface area contributed by atoms with Gasteiger partial charge in [-0.05, 0) is 50.2 Å². The number of carbonyl (C=O) groups excluding carboxylic acids is 2. The molecule has 2 aromatic carbocycles. The van der Waals surface area contributed by atoms with E-state index >= 15 is 0 Å². The summed E-state index contributed by atoms with van der Waals surface area (Å²) in [7, 11) is 0. The van der Waals surface area contributed by atoms with Gasteiger partial charge in [0.05, 0.1) is 18.2 Å². The number of hydrogen-bond donors (Lipinski definition) is 2. The van der Waals surface area contributed by atoms with Gasteiger partial charge in [0.25, 0.3) is 5.91 Å². The van der Waals surface area contributed by atoms with Crippen molar-refractivity contribution in [3.05, 3.63) is 48.0 Å². The zero-order valence-corrected chi connectivity index (χ0v) is 15.4. The molecule has 0 aliphatic rings.